The van der Waals surface area contributed by atoms with E-state index in [1.165, 1.54) is 24.8 Å². The Balaban J connectivity index is 2.12. The van der Waals surface area contributed by atoms with Gasteiger partial charge in [0.25, 0.3) is 0 Å². The maximum absolute atomic E-state index is 4.58. The minimum Gasteiger partial charge on any atom is -0.353 e. The lowest BCUT2D eigenvalue weighted by molar-refractivity contribution is 0.392. The van der Waals surface area contributed by atoms with E-state index in [1.54, 1.807) is 0 Å². The molecule has 1 unspecified atom stereocenters. The molecular weight excluding hydrogens is 302 g/mol. The number of aromatic nitrogens is 1. The molecule has 1 N–H and O–H groups in total. The van der Waals surface area contributed by atoms with E-state index < -0.39 is 0 Å². The van der Waals surface area contributed by atoms with Crippen molar-refractivity contribution in [2.24, 2.45) is 0 Å². The van der Waals surface area contributed by atoms with E-state index in [2.05, 4.69) is 58.0 Å². The SMILES string of the molecule is Cc1cc(N(CC2CCCCN2)C(C)C)ncc1Br. The molecule has 0 radical (unpaired) electrons. The fourth-order valence-electron chi connectivity index (χ4n) is 2.57. The normalized spacial score (nSPS) is 19.7. The Hall–Kier alpha value is -0.610. The molecule has 3 nitrogen and oxygen atoms in total. The summed E-state index contributed by atoms with van der Waals surface area (Å²) in [7, 11) is 0. The van der Waals surface area contributed by atoms with Gasteiger partial charge in [0.05, 0.1) is 0 Å². The molecular formula is C15H24BrN3. The van der Waals surface area contributed by atoms with Crippen molar-refractivity contribution in [3.05, 3.63) is 22.3 Å². The molecule has 19 heavy (non-hydrogen) atoms. The fourth-order valence-corrected chi connectivity index (χ4v) is 2.78. The van der Waals surface area contributed by atoms with Crippen LogP contribution in [0.4, 0.5) is 5.82 Å². The van der Waals surface area contributed by atoms with Gasteiger partial charge in [-0.05, 0) is 67.7 Å². The largest absolute Gasteiger partial charge is 0.353 e. The second-order valence-corrected chi connectivity index (χ2v) is 6.54. The van der Waals surface area contributed by atoms with Crippen LogP contribution in [0, 0.1) is 6.92 Å². The van der Waals surface area contributed by atoms with E-state index in [-0.39, 0.29) is 0 Å². The third kappa shape index (κ3) is 3.93. The van der Waals surface area contributed by atoms with Gasteiger partial charge >= 0.3 is 0 Å². The Morgan fingerprint density at radius 2 is 2.26 bits per heavy atom. The highest BCUT2D eigenvalue weighted by Crippen LogP contribution is 2.22. The summed E-state index contributed by atoms with van der Waals surface area (Å²) in [6, 6.07) is 3.24. The Kier molecular flexibility index (Phi) is 5.22. The Morgan fingerprint density at radius 3 is 2.84 bits per heavy atom. The van der Waals surface area contributed by atoms with Crippen LogP contribution in [-0.2, 0) is 0 Å². The average molecular weight is 326 g/mol. The van der Waals surface area contributed by atoms with Crippen molar-refractivity contribution in [2.75, 3.05) is 18.0 Å². The number of anilines is 1. The van der Waals surface area contributed by atoms with E-state index in [0.29, 0.717) is 12.1 Å². The van der Waals surface area contributed by atoms with Crippen LogP contribution in [0.5, 0.6) is 0 Å². The van der Waals surface area contributed by atoms with Gasteiger partial charge in [-0.15, -0.1) is 0 Å². The van der Waals surface area contributed by atoms with Crippen LogP contribution in [0.25, 0.3) is 0 Å². The summed E-state index contributed by atoms with van der Waals surface area (Å²) in [5.74, 6) is 1.09. The molecule has 2 heterocycles. The topological polar surface area (TPSA) is 28.2 Å². The smallest absolute Gasteiger partial charge is 0.129 e. The third-order valence-corrected chi connectivity index (χ3v) is 4.61. The number of nitrogens with zero attached hydrogens (tertiary/aromatic N) is 2. The molecule has 1 saturated heterocycles. The number of nitrogens with one attached hydrogen (secondary N) is 1. The van der Waals surface area contributed by atoms with E-state index in [1.807, 2.05) is 6.20 Å². The minimum absolute atomic E-state index is 0.469. The number of piperidine rings is 1. The maximum Gasteiger partial charge on any atom is 0.129 e. The van der Waals surface area contributed by atoms with Gasteiger partial charge in [0.15, 0.2) is 0 Å². The van der Waals surface area contributed by atoms with Crippen LogP contribution in [0.15, 0.2) is 16.7 Å². The summed E-state index contributed by atoms with van der Waals surface area (Å²) in [6.45, 7) is 8.80. The first-order chi connectivity index (χ1) is 9.08. The predicted molar refractivity (Wildman–Crippen MR) is 84.8 cm³/mol. The summed E-state index contributed by atoms with van der Waals surface area (Å²) in [5, 5.41) is 3.62. The van der Waals surface area contributed by atoms with Gasteiger partial charge in [-0.1, -0.05) is 6.42 Å². The van der Waals surface area contributed by atoms with Crippen LogP contribution in [0.2, 0.25) is 0 Å². The molecule has 4 heteroatoms. The number of hydrogen-bond donors (Lipinski definition) is 1. The van der Waals surface area contributed by atoms with Gasteiger partial charge in [-0.3, -0.25) is 0 Å². The number of aryl methyl sites for hydroxylation is 1. The van der Waals surface area contributed by atoms with Crippen LogP contribution in [0.3, 0.4) is 0 Å². The van der Waals surface area contributed by atoms with Gasteiger partial charge in [-0.2, -0.15) is 0 Å². The summed E-state index contributed by atoms with van der Waals surface area (Å²) in [5.41, 5.74) is 1.24. The van der Waals surface area contributed by atoms with Crippen LogP contribution < -0.4 is 10.2 Å². The van der Waals surface area contributed by atoms with Crippen molar-refractivity contribution < 1.29 is 0 Å². The van der Waals surface area contributed by atoms with Gasteiger partial charge in [0, 0.05) is 29.3 Å². The molecule has 106 valence electrons. The van der Waals surface area contributed by atoms with Crippen LogP contribution >= 0.6 is 15.9 Å². The molecule has 0 saturated carbocycles. The van der Waals surface area contributed by atoms with Gasteiger partial charge < -0.3 is 10.2 Å². The van der Waals surface area contributed by atoms with E-state index in [0.717, 1.165) is 23.4 Å². The number of pyridine rings is 1. The zero-order valence-electron chi connectivity index (χ0n) is 12.1. The highest BCUT2D eigenvalue weighted by Gasteiger charge is 2.20. The van der Waals surface area contributed by atoms with E-state index in [4.69, 9.17) is 0 Å². The molecule has 2 rings (SSSR count). The first kappa shape index (κ1) is 14.8. The predicted octanol–water partition coefficient (Wildman–Crippen LogP) is 3.51. The Bertz CT molecular complexity index is 414. The van der Waals surface area contributed by atoms with Crippen molar-refractivity contribution >= 4 is 21.7 Å². The molecule has 1 atom stereocenters. The molecule has 1 aromatic rings. The van der Waals surface area contributed by atoms with E-state index in [9.17, 15) is 0 Å². The molecule has 0 amide bonds. The van der Waals surface area contributed by atoms with Crippen molar-refractivity contribution in [1.82, 2.24) is 10.3 Å². The van der Waals surface area contributed by atoms with Gasteiger partial charge in [0.1, 0.15) is 5.82 Å². The van der Waals surface area contributed by atoms with Crippen LogP contribution in [0.1, 0.15) is 38.7 Å². The zero-order valence-corrected chi connectivity index (χ0v) is 13.7. The molecule has 0 aliphatic carbocycles. The number of rotatable bonds is 4. The maximum atomic E-state index is 4.58. The number of hydrogen-bond acceptors (Lipinski definition) is 3. The fraction of sp³-hybridized carbons (Fsp3) is 0.667. The lowest BCUT2D eigenvalue weighted by atomic mass is 10.0. The van der Waals surface area contributed by atoms with Crippen molar-refractivity contribution in [3.8, 4) is 0 Å². The standard InChI is InChI=1S/C15H24BrN3/c1-11(2)19(10-13-6-4-5-7-17-13)15-8-12(3)14(16)9-18-15/h8-9,11,13,17H,4-7,10H2,1-3H3. The van der Waals surface area contributed by atoms with E-state index >= 15 is 0 Å². The highest BCUT2D eigenvalue weighted by atomic mass is 79.9. The summed E-state index contributed by atoms with van der Waals surface area (Å²) < 4.78 is 1.08. The number of halogens is 1. The van der Waals surface area contributed by atoms with Crippen molar-refractivity contribution in [2.45, 2.75) is 52.1 Å². The molecule has 1 aliphatic heterocycles. The lowest BCUT2D eigenvalue weighted by Gasteiger charge is -2.34. The first-order valence-electron chi connectivity index (χ1n) is 7.20. The Morgan fingerprint density at radius 1 is 1.47 bits per heavy atom. The summed E-state index contributed by atoms with van der Waals surface area (Å²) in [6.07, 6.45) is 5.84. The van der Waals surface area contributed by atoms with Crippen LogP contribution in [-0.4, -0.2) is 30.2 Å². The first-order valence-corrected chi connectivity index (χ1v) is 7.99. The second-order valence-electron chi connectivity index (χ2n) is 5.68. The Labute approximate surface area is 124 Å². The summed E-state index contributed by atoms with van der Waals surface area (Å²) >= 11 is 3.52. The zero-order chi connectivity index (χ0) is 13.8. The molecule has 1 aromatic heterocycles. The van der Waals surface area contributed by atoms with Gasteiger partial charge in [0.2, 0.25) is 0 Å². The van der Waals surface area contributed by atoms with Crippen molar-refractivity contribution in [3.63, 3.8) is 0 Å². The second kappa shape index (κ2) is 6.71. The highest BCUT2D eigenvalue weighted by molar-refractivity contribution is 9.10. The summed E-state index contributed by atoms with van der Waals surface area (Å²) in [4.78, 5) is 6.98. The monoisotopic (exact) mass is 325 g/mol. The van der Waals surface area contributed by atoms with Crippen molar-refractivity contribution in [1.29, 1.82) is 0 Å². The minimum atomic E-state index is 0.469. The average Bonchev–Trinajstić information content (AvgIpc) is 2.40. The molecule has 1 fully saturated rings. The molecule has 0 bridgehead atoms. The lowest BCUT2D eigenvalue weighted by Crippen LogP contribution is -2.46. The molecule has 1 aliphatic rings. The third-order valence-electron chi connectivity index (χ3n) is 3.78. The molecule has 0 aromatic carbocycles. The molecule has 0 spiro atoms. The van der Waals surface area contributed by atoms with Gasteiger partial charge in [-0.25, -0.2) is 4.98 Å². The quantitative estimate of drug-likeness (QED) is 0.918.